The second-order valence-electron chi connectivity index (χ2n) is 9.96. The molecular weight excluding hydrogens is 510 g/mol. The van der Waals surface area contributed by atoms with Gasteiger partial charge < -0.3 is 29.0 Å². The number of unbranched alkanes of at least 4 members (excludes halogenated alkanes) is 1. The van der Waals surface area contributed by atoms with Crippen molar-refractivity contribution in [1.29, 1.82) is 0 Å². The van der Waals surface area contributed by atoms with Gasteiger partial charge in [0.15, 0.2) is 28.8 Å². The number of nitrogens with one attached hydrogen (secondary N) is 1. The van der Waals surface area contributed by atoms with Gasteiger partial charge in [-0.3, -0.25) is 4.79 Å². The summed E-state index contributed by atoms with van der Waals surface area (Å²) in [6, 6.07) is 11.3. The van der Waals surface area contributed by atoms with Gasteiger partial charge in [0.05, 0.1) is 40.1 Å². The van der Waals surface area contributed by atoms with Crippen LogP contribution in [0.15, 0.2) is 58.9 Å². The molecule has 1 heterocycles. The third kappa shape index (κ3) is 5.81. The van der Waals surface area contributed by atoms with Gasteiger partial charge in [-0.2, -0.15) is 0 Å². The van der Waals surface area contributed by atoms with Gasteiger partial charge in [0.2, 0.25) is 0 Å². The van der Waals surface area contributed by atoms with Gasteiger partial charge in [0, 0.05) is 29.3 Å². The molecule has 0 fully saturated rings. The summed E-state index contributed by atoms with van der Waals surface area (Å²) in [6.45, 7) is 6.63. The van der Waals surface area contributed by atoms with Crippen LogP contribution in [-0.4, -0.2) is 46.3 Å². The number of ether oxygens (including phenoxy) is 5. The Labute approximate surface area is 236 Å². The average molecular weight is 550 g/mol. The SMILES string of the molecule is CCCCOC(=O)C1=C(C)NC2=C(C(=O)C[C@H](c3ccc(OC)c(OC)c3)C2)[C@@H]1c1ccc(OCC)c(OC)c1. The Bertz CT molecular complexity index is 1330. The fourth-order valence-electron chi connectivity index (χ4n) is 5.51. The van der Waals surface area contributed by atoms with Gasteiger partial charge >= 0.3 is 5.97 Å². The lowest BCUT2D eigenvalue weighted by Gasteiger charge is -2.37. The lowest BCUT2D eigenvalue weighted by Crippen LogP contribution is -2.36. The number of Topliss-reactive ketones (excluding diaryl/α,β-unsaturated/α-hetero) is 1. The van der Waals surface area contributed by atoms with Crippen LogP contribution in [0.5, 0.6) is 23.0 Å². The molecule has 0 bridgehead atoms. The van der Waals surface area contributed by atoms with Crippen LogP contribution < -0.4 is 24.3 Å². The van der Waals surface area contributed by atoms with Crippen molar-refractivity contribution in [2.24, 2.45) is 0 Å². The summed E-state index contributed by atoms with van der Waals surface area (Å²) in [5.74, 6) is 1.33. The predicted molar refractivity (Wildman–Crippen MR) is 152 cm³/mol. The molecule has 2 aromatic rings. The summed E-state index contributed by atoms with van der Waals surface area (Å²) in [6.07, 6.45) is 2.59. The minimum Gasteiger partial charge on any atom is -0.493 e. The molecular formula is C32H39NO7. The normalized spacial score (nSPS) is 18.6. The zero-order valence-corrected chi connectivity index (χ0v) is 24.2. The second kappa shape index (κ2) is 12.9. The smallest absolute Gasteiger partial charge is 0.336 e. The number of allylic oxidation sites excluding steroid dienone is 3. The topological polar surface area (TPSA) is 92.3 Å². The fraction of sp³-hybridized carbons (Fsp3) is 0.438. The first kappa shape index (κ1) is 29.1. The molecule has 8 heteroatoms. The van der Waals surface area contributed by atoms with E-state index in [4.69, 9.17) is 23.7 Å². The standard InChI is InChI=1S/C32H39NO7/c1-7-9-14-40-32(35)29-19(3)33-23-15-22(20-10-12-25(36-4)27(17-20)37-5)16-24(34)31(23)30(29)21-11-13-26(39-8-2)28(18-21)38-6/h10-13,17-18,22,30,33H,7-9,14-16H2,1-6H3/t22-,30-/m1/s1. The van der Waals surface area contributed by atoms with Crippen LogP contribution in [0, 0.1) is 0 Å². The van der Waals surface area contributed by atoms with Crippen molar-refractivity contribution >= 4 is 11.8 Å². The van der Waals surface area contributed by atoms with E-state index in [1.807, 2.05) is 57.2 Å². The maximum absolute atomic E-state index is 13.9. The summed E-state index contributed by atoms with van der Waals surface area (Å²) in [4.78, 5) is 27.4. The lowest BCUT2D eigenvalue weighted by atomic mass is 9.71. The highest BCUT2D eigenvalue weighted by molar-refractivity contribution is 6.04. The zero-order chi connectivity index (χ0) is 28.8. The van der Waals surface area contributed by atoms with Gasteiger partial charge in [0.1, 0.15) is 0 Å². The summed E-state index contributed by atoms with van der Waals surface area (Å²) < 4.78 is 27.9. The van der Waals surface area contributed by atoms with E-state index in [-0.39, 0.29) is 11.7 Å². The maximum Gasteiger partial charge on any atom is 0.336 e. The van der Waals surface area contributed by atoms with Crippen LogP contribution in [-0.2, 0) is 14.3 Å². The van der Waals surface area contributed by atoms with Crippen LogP contribution in [0.2, 0.25) is 0 Å². The van der Waals surface area contributed by atoms with Crippen molar-refractivity contribution in [3.63, 3.8) is 0 Å². The number of rotatable bonds is 11. The highest BCUT2D eigenvalue weighted by atomic mass is 16.5. The van der Waals surface area contributed by atoms with Crippen molar-refractivity contribution in [1.82, 2.24) is 5.32 Å². The third-order valence-electron chi connectivity index (χ3n) is 7.48. The lowest BCUT2D eigenvalue weighted by molar-refractivity contribution is -0.139. The molecule has 0 saturated heterocycles. The number of dihydropyridines is 1. The number of hydrogen-bond donors (Lipinski definition) is 1. The quantitative estimate of drug-likeness (QED) is 0.277. The Morgan fingerprint density at radius 3 is 2.23 bits per heavy atom. The maximum atomic E-state index is 13.9. The van der Waals surface area contributed by atoms with Gasteiger partial charge in [-0.25, -0.2) is 4.79 Å². The predicted octanol–water partition coefficient (Wildman–Crippen LogP) is 5.82. The number of ketones is 1. The number of esters is 1. The van der Waals surface area contributed by atoms with Crippen LogP contribution in [0.25, 0.3) is 0 Å². The van der Waals surface area contributed by atoms with E-state index in [9.17, 15) is 9.59 Å². The first-order valence-electron chi connectivity index (χ1n) is 13.8. The monoisotopic (exact) mass is 549 g/mol. The molecule has 0 radical (unpaired) electrons. The van der Waals surface area contributed by atoms with Crippen molar-refractivity contribution in [3.05, 3.63) is 70.1 Å². The summed E-state index contributed by atoms with van der Waals surface area (Å²) in [7, 11) is 4.78. The molecule has 0 aromatic heterocycles. The highest BCUT2D eigenvalue weighted by Gasteiger charge is 2.41. The molecule has 1 aliphatic carbocycles. The third-order valence-corrected chi connectivity index (χ3v) is 7.48. The fourth-order valence-corrected chi connectivity index (χ4v) is 5.51. The van der Waals surface area contributed by atoms with Crippen molar-refractivity contribution < 1.29 is 33.3 Å². The number of benzene rings is 2. The summed E-state index contributed by atoms with van der Waals surface area (Å²) in [5.41, 5.74) is 4.30. The first-order chi connectivity index (χ1) is 19.4. The molecule has 40 heavy (non-hydrogen) atoms. The van der Waals surface area contributed by atoms with E-state index in [0.29, 0.717) is 65.9 Å². The summed E-state index contributed by atoms with van der Waals surface area (Å²) in [5, 5.41) is 3.41. The van der Waals surface area contributed by atoms with Crippen molar-refractivity contribution in [2.75, 3.05) is 34.5 Å². The van der Waals surface area contributed by atoms with Crippen LogP contribution >= 0.6 is 0 Å². The van der Waals surface area contributed by atoms with E-state index in [1.165, 1.54) is 0 Å². The zero-order valence-electron chi connectivity index (χ0n) is 24.2. The average Bonchev–Trinajstić information content (AvgIpc) is 2.96. The van der Waals surface area contributed by atoms with Gasteiger partial charge in [-0.15, -0.1) is 0 Å². The molecule has 2 aliphatic rings. The van der Waals surface area contributed by atoms with E-state index in [1.54, 1.807) is 21.3 Å². The molecule has 2 atom stereocenters. The molecule has 0 amide bonds. The van der Waals surface area contributed by atoms with Crippen LogP contribution in [0.3, 0.4) is 0 Å². The Hall–Kier alpha value is -3.94. The van der Waals surface area contributed by atoms with Crippen molar-refractivity contribution in [2.45, 2.75) is 58.3 Å². The van der Waals surface area contributed by atoms with E-state index in [2.05, 4.69) is 5.32 Å². The van der Waals surface area contributed by atoms with Gasteiger partial charge in [0.25, 0.3) is 0 Å². The molecule has 214 valence electrons. The Morgan fingerprint density at radius 1 is 0.900 bits per heavy atom. The second-order valence-corrected chi connectivity index (χ2v) is 9.96. The highest BCUT2D eigenvalue weighted by Crippen LogP contribution is 2.47. The Balaban J connectivity index is 1.78. The molecule has 2 aromatic carbocycles. The Kier molecular flexibility index (Phi) is 9.40. The number of carbonyl (C=O) groups excluding carboxylic acids is 2. The largest absolute Gasteiger partial charge is 0.493 e. The molecule has 4 rings (SSSR count). The summed E-state index contributed by atoms with van der Waals surface area (Å²) >= 11 is 0. The van der Waals surface area contributed by atoms with Crippen molar-refractivity contribution in [3.8, 4) is 23.0 Å². The number of carbonyl (C=O) groups is 2. The molecule has 8 nitrogen and oxygen atoms in total. The van der Waals surface area contributed by atoms with Crippen LogP contribution in [0.1, 0.15) is 69.4 Å². The molecule has 0 saturated carbocycles. The van der Waals surface area contributed by atoms with Gasteiger partial charge in [-0.05, 0) is 68.0 Å². The minimum atomic E-state index is -0.589. The molecule has 0 unspecified atom stereocenters. The minimum absolute atomic E-state index is 0.0160. The first-order valence-corrected chi connectivity index (χ1v) is 13.8. The number of methoxy groups -OCH3 is 3. The van der Waals surface area contributed by atoms with E-state index in [0.717, 1.165) is 29.7 Å². The Morgan fingerprint density at radius 2 is 1.55 bits per heavy atom. The molecule has 1 aliphatic heterocycles. The molecule has 0 spiro atoms. The van der Waals surface area contributed by atoms with Crippen LogP contribution in [0.4, 0.5) is 0 Å². The van der Waals surface area contributed by atoms with E-state index < -0.39 is 11.9 Å². The molecule has 1 N–H and O–H groups in total. The number of hydrogen-bond acceptors (Lipinski definition) is 8. The van der Waals surface area contributed by atoms with E-state index >= 15 is 0 Å². The van der Waals surface area contributed by atoms with Gasteiger partial charge in [-0.1, -0.05) is 25.5 Å².